The summed E-state index contributed by atoms with van der Waals surface area (Å²) in [6, 6.07) is 20.3. The van der Waals surface area contributed by atoms with Crippen LogP contribution < -0.4 is 15.1 Å². The first-order chi connectivity index (χ1) is 20.2. The molecule has 214 valence electrons. The Balaban J connectivity index is 1.24. The van der Waals surface area contributed by atoms with Crippen LogP contribution in [0.5, 0.6) is 5.75 Å². The van der Waals surface area contributed by atoms with E-state index in [4.69, 9.17) is 12.2 Å². The molecule has 2 heterocycles. The maximum absolute atomic E-state index is 12.6. The van der Waals surface area contributed by atoms with Crippen molar-refractivity contribution in [3.63, 3.8) is 0 Å². The highest BCUT2D eigenvalue weighted by atomic mass is 32.2. The summed E-state index contributed by atoms with van der Waals surface area (Å²) in [5.41, 5.74) is 6.49. The van der Waals surface area contributed by atoms with Crippen LogP contribution in [0, 0.1) is 0 Å². The average molecular weight is 610 g/mol. The fraction of sp³-hybridized carbons (Fsp3) is 0.143. The molecular weight excluding hydrogens is 587 g/mol. The molecule has 1 aromatic heterocycles. The van der Waals surface area contributed by atoms with Gasteiger partial charge in [0.2, 0.25) is 11.0 Å². The highest BCUT2D eigenvalue weighted by Gasteiger charge is 2.32. The number of thioether (sulfide) groups is 1. The van der Waals surface area contributed by atoms with Gasteiger partial charge in [-0.1, -0.05) is 55.1 Å². The first-order valence-electron chi connectivity index (χ1n) is 12.5. The largest absolute Gasteiger partial charge is 0.573 e. The maximum atomic E-state index is 12.6. The molecule has 5 rings (SSSR count). The number of halogens is 3. The molecule has 14 heteroatoms. The molecule has 1 aliphatic rings. The molecule has 0 saturated carbocycles. The van der Waals surface area contributed by atoms with Gasteiger partial charge in [-0.15, -0.1) is 18.3 Å². The number of carbonyl (C=O) groups excluding carboxylic acids is 1. The van der Waals surface area contributed by atoms with Crippen LogP contribution in [0.2, 0.25) is 0 Å². The van der Waals surface area contributed by atoms with Gasteiger partial charge in [-0.3, -0.25) is 15.1 Å². The van der Waals surface area contributed by atoms with Gasteiger partial charge in [-0.2, -0.15) is 10.1 Å². The van der Waals surface area contributed by atoms with Gasteiger partial charge < -0.3 is 4.74 Å². The van der Waals surface area contributed by atoms with Crippen molar-refractivity contribution in [2.75, 3.05) is 10.7 Å². The third-order valence-corrected chi connectivity index (χ3v) is 7.03. The minimum atomic E-state index is -4.76. The molecular formula is C28H22F3N7O2S2. The molecule has 0 unspecified atom stereocenters. The number of hydrogen-bond acceptors (Lipinski definition) is 7. The number of carbonyl (C=O) groups is 1. The van der Waals surface area contributed by atoms with Gasteiger partial charge in [-0.25, -0.2) is 9.67 Å². The smallest absolute Gasteiger partial charge is 0.406 e. The molecule has 3 aromatic carbocycles. The summed E-state index contributed by atoms with van der Waals surface area (Å²) in [6.45, 7) is 2.03. The zero-order chi connectivity index (χ0) is 29.7. The van der Waals surface area contributed by atoms with Crippen molar-refractivity contribution in [2.45, 2.75) is 19.7 Å². The van der Waals surface area contributed by atoms with Gasteiger partial charge in [0.25, 0.3) is 0 Å². The Labute approximate surface area is 248 Å². The molecule has 9 nitrogen and oxygen atoms in total. The molecule has 1 N–H and O–H groups in total. The first kappa shape index (κ1) is 29.0. The Morgan fingerprint density at radius 2 is 1.93 bits per heavy atom. The Morgan fingerprint density at radius 3 is 2.69 bits per heavy atom. The number of nitrogens with one attached hydrogen (secondary N) is 1. The fourth-order valence-corrected chi connectivity index (χ4v) is 5.13. The normalized spacial score (nSPS) is 14.6. The summed E-state index contributed by atoms with van der Waals surface area (Å²) in [7, 11) is 0. The van der Waals surface area contributed by atoms with E-state index >= 15 is 0 Å². The predicted molar refractivity (Wildman–Crippen MR) is 160 cm³/mol. The van der Waals surface area contributed by atoms with E-state index < -0.39 is 6.36 Å². The molecule has 42 heavy (non-hydrogen) atoms. The zero-order valence-electron chi connectivity index (χ0n) is 21.9. The highest BCUT2D eigenvalue weighted by Crippen LogP contribution is 2.30. The van der Waals surface area contributed by atoms with Crippen molar-refractivity contribution in [1.29, 1.82) is 0 Å². The van der Waals surface area contributed by atoms with E-state index in [1.54, 1.807) is 11.1 Å². The van der Waals surface area contributed by atoms with Crippen LogP contribution in [0.3, 0.4) is 0 Å². The summed E-state index contributed by atoms with van der Waals surface area (Å²) in [6.07, 6.45) is -0.970. The number of hydrogen-bond donors (Lipinski definition) is 1. The topological polar surface area (TPSA) is 97.0 Å². The number of alkyl halides is 3. The van der Waals surface area contributed by atoms with Gasteiger partial charge in [0.1, 0.15) is 12.1 Å². The summed E-state index contributed by atoms with van der Waals surface area (Å²) in [5.74, 6) is 0.294. The second kappa shape index (κ2) is 12.5. The van der Waals surface area contributed by atoms with Gasteiger partial charge in [0.05, 0.1) is 23.3 Å². The second-order valence-corrected chi connectivity index (χ2v) is 10.1. The highest BCUT2D eigenvalue weighted by molar-refractivity contribution is 8.15. The van der Waals surface area contributed by atoms with Gasteiger partial charge >= 0.3 is 6.36 Å². The fourth-order valence-electron chi connectivity index (χ4n) is 4.06. The molecule has 0 spiro atoms. The van der Waals surface area contributed by atoms with Crippen LogP contribution in [0.15, 0.2) is 89.2 Å². The molecule has 4 aromatic rings. The number of aliphatic imine (C=N–C) groups is 1. The lowest BCUT2D eigenvalue weighted by Gasteiger charge is -2.19. The Kier molecular flexibility index (Phi) is 8.64. The van der Waals surface area contributed by atoms with E-state index in [9.17, 15) is 18.0 Å². The van der Waals surface area contributed by atoms with E-state index in [2.05, 4.69) is 30.3 Å². The van der Waals surface area contributed by atoms with Crippen LogP contribution in [0.1, 0.15) is 18.1 Å². The van der Waals surface area contributed by atoms with Crippen LogP contribution in [0.25, 0.3) is 17.1 Å². The molecule has 0 radical (unpaired) electrons. The Morgan fingerprint density at radius 1 is 1.14 bits per heavy atom. The van der Waals surface area contributed by atoms with E-state index in [0.29, 0.717) is 22.2 Å². The number of benzene rings is 3. The van der Waals surface area contributed by atoms with E-state index in [0.717, 1.165) is 23.2 Å². The minimum Gasteiger partial charge on any atom is -0.406 e. The number of nitrogens with zero attached hydrogens (tertiary/aromatic N) is 6. The monoisotopic (exact) mass is 609 g/mol. The molecule has 0 atom stereocenters. The Bertz CT molecular complexity index is 1670. The van der Waals surface area contributed by atoms with Crippen LogP contribution in [-0.2, 0) is 11.2 Å². The van der Waals surface area contributed by atoms with Gasteiger partial charge in [0, 0.05) is 5.56 Å². The molecule has 0 aliphatic carbocycles. The van der Waals surface area contributed by atoms with Crippen LogP contribution >= 0.6 is 24.0 Å². The van der Waals surface area contributed by atoms with Crippen LogP contribution in [-0.4, -0.2) is 49.3 Å². The van der Waals surface area contributed by atoms with Crippen molar-refractivity contribution in [2.24, 2.45) is 10.1 Å². The second-order valence-electron chi connectivity index (χ2n) is 8.75. The standard InChI is InChI=1S/C28H22F3N7O2S2/c1-2-19-7-3-4-9-23(19)38-24(39)16-42-27(38)34-26(41)35-33-15-18-6-5-8-20(14-18)25-32-17-37(36-25)21-10-12-22(13-11-21)40-28(29,30)31/h3-15,17H,2,16H2,1H3,(H,35,41)/b33-15+,34-27-. The molecule has 1 amide bonds. The third-order valence-electron chi connectivity index (χ3n) is 5.92. The third kappa shape index (κ3) is 7.01. The van der Waals surface area contributed by atoms with E-state index in [1.807, 2.05) is 55.5 Å². The molecule has 1 fully saturated rings. The number of aromatic nitrogens is 3. The number of aryl methyl sites for hydroxylation is 1. The van der Waals surface area contributed by atoms with Crippen molar-refractivity contribution in [3.05, 3.63) is 90.3 Å². The average Bonchev–Trinajstić information content (AvgIpc) is 3.60. The number of thiocarbonyl (C=S) groups is 1. The molecule has 1 saturated heterocycles. The van der Waals surface area contributed by atoms with Crippen molar-refractivity contribution < 1.29 is 22.7 Å². The lowest BCUT2D eigenvalue weighted by Crippen LogP contribution is -2.31. The van der Waals surface area contributed by atoms with Crippen molar-refractivity contribution >= 4 is 52.1 Å². The SMILES string of the molecule is CCc1ccccc1N1C(=O)CS/C1=N\C(=S)N/N=C/c1cccc(-c2ncn(-c3ccc(OC(F)(F)F)cc3)n2)c1. The number of rotatable bonds is 7. The van der Waals surface area contributed by atoms with Crippen molar-refractivity contribution in [3.8, 4) is 22.8 Å². The minimum absolute atomic E-state index is 0.0636. The predicted octanol–water partition coefficient (Wildman–Crippen LogP) is 5.74. The zero-order valence-corrected chi connectivity index (χ0v) is 23.6. The first-order valence-corrected chi connectivity index (χ1v) is 13.9. The van der Waals surface area contributed by atoms with E-state index in [-0.39, 0.29) is 22.5 Å². The van der Waals surface area contributed by atoms with Crippen LogP contribution in [0.4, 0.5) is 18.9 Å². The summed E-state index contributed by atoms with van der Waals surface area (Å²) >= 11 is 6.66. The molecule has 1 aliphatic heterocycles. The van der Waals surface area contributed by atoms with Gasteiger partial charge in [0.15, 0.2) is 11.0 Å². The summed E-state index contributed by atoms with van der Waals surface area (Å²) < 4.78 is 42.6. The number of anilines is 1. The number of amidine groups is 1. The maximum Gasteiger partial charge on any atom is 0.573 e. The van der Waals surface area contributed by atoms with Crippen molar-refractivity contribution in [1.82, 2.24) is 20.2 Å². The quantitative estimate of drug-likeness (QED) is 0.162. The number of hydrazone groups is 1. The lowest BCUT2D eigenvalue weighted by atomic mass is 10.1. The molecule has 0 bridgehead atoms. The summed E-state index contributed by atoms with van der Waals surface area (Å²) in [5, 5.41) is 9.19. The van der Waals surface area contributed by atoms with Gasteiger partial charge in [-0.05, 0) is 66.2 Å². The number of ether oxygens (including phenoxy) is 1. The Hall–Kier alpha value is -4.56. The summed E-state index contributed by atoms with van der Waals surface area (Å²) in [4.78, 5) is 22.9. The number of para-hydroxylation sites is 1. The lowest BCUT2D eigenvalue weighted by molar-refractivity contribution is -0.274. The van der Waals surface area contributed by atoms with E-state index in [1.165, 1.54) is 47.0 Å². The number of amides is 1.